The molecule has 0 spiro atoms. The van der Waals surface area contributed by atoms with E-state index in [0.29, 0.717) is 27.2 Å². The summed E-state index contributed by atoms with van der Waals surface area (Å²) in [7, 11) is 0. The lowest BCUT2D eigenvalue weighted by atomic mass is 9.91. The van der Waals surface area contributed by atoms with Crippen LogP contribution in [-0.4, -0.2) is 23.6 Å². The topological polar surface area (TPSA) is 18.5 Å². The average Bonchev–Trinajstić information content (AvgIpc) is 2.30. The van der Waals surface area contributed by atoms with Gasteiger partial charge in [-0.15, -0.1) is 0 Å². The summed E-state index contributed by atoms with van der Waals surface area (Å²) in [5.74, 6) is 0.619. The first-order chi connectivity index (χ1) is 8.11. The highest BCUT2D eigenvalue weighted by atomic mass is 79.9. The van der Waals surface area contributed by atoms with Crippen LogP contribution >= 0.6 is 39.1 Å². The molecular formula is C12H13BrCl2O2. The lowest BCUT2D eigenvalue weighted by Crippen LogP contribution is -2.52. The Morgan fingerprint density at radius 2 is 2.18 bits per heavy atom. The normalized spacial score (nSPS) is 27.6. The van der Waals surface area contributed by atoms with Gasteiger partial charge in [0.25, 0.3) is 0 Å². The Bertz CT molecular complexity index is 400. The molecule has 0 aliphatic heterocycles. The van der Waals surface area contributed by atoms with Crippen LogP contribution in [0.25, 0.3) is 0 Å². The monoisotopic (exact) mass is 338 g/mol. The molecule has 1 aromatic carbocycles. The van der Waals surface area contributed by atoms with Crippen molar-refractivity contribution in [3.63, 3.8) is 0 Å². The van der Waals surface area contributed by atoms with Crippen LogP contribution in [0.1, 0.15) is 13.3 Å². The minimum atomic E-state index is 0.0373. The molecule has 2 rings (SSSR count). The molecule has 1 aromatic rings. The van der Waals surface area contributed by atoms with E-state index >= 15 is 0 Å². The molecular weight excluding hydrogens is 327 g/mol. The summed E-state index contributed by atoms with van der Waals surface area (Å²) in [6.45, 7) is 2.65. The van der Waals surface area contributed by atoms with Crippen molar-refractivity contribution in [1.82, 2.24) is 0 Å². The number of halogens is 3. The van der Waals surface area contributed by atoms with Crippen LogP contribution in [0.15, 0.2) is 18.2 Å². The highest BCUT2D eigenvalue weighted by Gasteiger charge is 2.42. The molecule has 0 radical (unpaired) electrons. The molecule has 0 bridgehead atoms. The van der Waals surface area contributed by atoms with Gasteiger partial charge >= 0.3 is 0 Å². The standard InChI is InChI=1S/C12H13BrCl2O2/c1-2-16-12-8(13)6-11(12)17-10-5-7(14)3-4-9(10)15/h3-5,8,11-12H,2,6H2,1H3. The molecule has 3 atom stereocenters. The molecule has 5 heteroatoms. The van der Waals surface area contributed by atoms with Gasteiger partial charge in [0, 0.05) is 28.9 Å². The summed E-state index contributed by atoms with van der Waals surface area (Å²) in [6, 6.07) is 5.21. The van der Waals surface area contributed by atoms with Gasteiger partial charge in [0.05, 0.1) is 5.02 Å². The van der Waals surface area contributed by atoms with Crippen molar-refractivity contribution in [1.29, 1.82) is 0 Å². The summed E-state index contributed by atoms with van der Waals surface area (Å²) < 4.78 is 11.4. The third kappa shape index (κ3) is 3.08. The van der Waals surface area contributed by atoms with E-state index in [9.17, 15) is 0 Å². The van der Waals surface area contributed by atoms with Crippen LogP contribution in [0.3, 0.4) is 0 Å². The van der Waals surface area contributed by atoms with Crippen LogP contribution in [0.5, 0.6) is 5.75 Å². The zero-order chi connectivity index (χ0) is 12.4. The van der Waals surface area contributed by atoms with E-state index in [1.54, 1.807) is 18.2 Å². The van der Waals surface area contributed by atoms with Crippen molar-refractivity contribution in [2.75, 3.05) is 6.61 Å². The number of rotatable bonds is 4. The fraction of sp³-hybridized carbons (Fsp3) is 0.500. The molecule has 1 aliphatic rings. The zero-order valence-corrected chi connectivity index (χ0v) is 12.4. The maximum absolute atomic E-state index is 6.05. The van der Waals surface area contributed by atoms with Gasteiger partial charge in [0.2, 0.25) is 0 Å². The Morgan fingerprint density at radius 1 is 1.41 bits per heavy atom. The minimum Gasteiger partial charge on any atom is -0.486 e. The first kappa shape index (κ1) is 13.5. The van der Waals surface area contributed by atoms with Crippen molar-refractivity contribution < 1.29 is 9.47 Å². The molecule has 0 saturated heterocycles. The van der Waals surface area contributed by atoms with Gasteiger partial charge in [-0.05, 0) is 19.1 Å². The fourth-order valence-electron chi connectivity index (χ4n) is 1.78. The van der Waals surface area contributed by atoms with Crippen molar-refractivity contribution in [3.8, 4) is 5.75 Å². The summed E-state index contributed by atoms with van der Waals surface area (Å²) in [6.07, 6.45) is 1.03. The Morgan fingerprint density at radius 3 is 2.82 bits per heavy atom. The van der Waals surface area contributed by atoms with Crippen LogP contribution in [-0.2, 0) is 4.74 Å². The predicted octanol–water partition coefficient (Wildman–Crippen LogP) is 4.31. The quantitative estimate of drug-likeness (QED) is 0.761. The molecule has 0 N–H and O–H groups in total. The second-order valence-electron chi connectivity index (χ2n) is 3.90. The van der Waals surface area contributed by atoms with Gasteiger partial charge in [0.1, 0.15) is 18.0 Å². The molecule has 1 fully saturated rings. The molecule has 1 saturated carbocycles. The Kier molecular flexibility index (Phi) is 4.59. The van der Waals surface area contributed by atoms with Gasteiger partial charge in [0.15, 0.2) is 0 Å². The van der Waals surface area contributed by atoms with Gasteiger partial charge in [-0.2, -0.15) is 0 Å². The Hall–Kier alpha value is 0.0400. The maximum atomic E-state index is 6.05. The van der Waals surface area contributed by atoms with Crippen LogP contribution in [0.4, 0.5) is 0 Å². The highest BCUT2D eigenvalue weighted by molar-refractivity contribution is 9.09. The first-order valence-electron chi connectivity index (χ1n) is 5.49. The number of alkyl halides is 1. The number of hydrogen-bond acceptors (Lipinski definition) is 2. The zero-order valence-electron chi connectivity index (χ0n) is 9.33. The average molecular weight is 340 g/mol. The summed E-state index contributed by atoms with van der Waals surface area (Å²) in [5.41, 5.74) is 0. The van der Waals surface area contributed by atoms with Gasteiger partial charge in [-0.25, -0.2) is 0 Å². The third-order valence-corrected chi connectivity index (χ3v) is 4.15. The maximum Gasteiger partial charge on any atom is 0.139 e. The van der Waals surface area contributed by atoms with Crippen molar-refractivity contribution >= 4 is 39.1 Å². The van der Waals surface area contributed by atoms with E-state index in [0.717, 1.165) is 6.42 Å². The van der Waals surface area contributed by atoms with Crippen LogP contribution < -0.4 is 4.74 Å². The molecule has 0 aromatic heterocycles. The van der Waals surface area contributed by atoms with Crippen LogP contribution in [0.2, 0.25) is 10.0 Å². The van der Waals surface area contributed by atoms with Crippen molar-refractivity contribution in [2.24, 2.45) is 0 Å². The van der Waals surface area contributed by atoms with E-state index in [4.69, 9.17) is 32.7 Å². The second-order valence-corrected chi connectivity index (χ2v) is 5.92. The predicted molar refractivity (Wildman–Crippen MR) is 73.6 cm³/mol. The molecule has 17 heavy (non-hydrogen) atoms. The summed E-state index contributed by atoms with van der Waals surface area (Å²) >= 11 is 15.5. The highest BCUT2D eigenvalue weighted by Crippen LogP contribution is 2.37. The van der Waals surface area contributed by atoms with E-state index in [1.165, 1.54) is 0 Å². The van der Waals surface area contributed by atoms with Crippen molar-refractivity contribution in [2.45, 2.75) is 30.4 Å². The van der Waals surface area contributed by atoms with Gasteiger partial charge < -0.3 is 9.47 Å². The fourth-order valence-corrected chi connectivity index (χ4v) is 2.96. The SMILES string of the molecule is CCOC1C(Br)CC1Oc1cc(Cl)ccc1Cl. The molecule has 3 unspecified atom stereocenters. The van der Waals surface area contributed by atoms with Gasteiger partial charge in [-0.1, -0.05) is 39.1 Å². The molecule has 2 nitrogen and oxygen atoms in total. The lowest BCUT2D eigenvalue weighted by Gasteiger charge is -2.40. The first-order valence-corrected chi connectivity index (χ1v) is 7.16. The molecule has 0 heterocycles. The van der Waals surface area contributed by atoms with Crippen molar-refractivity contribution in [3.05, 3.63) is 28.2 Å². The number of benzene rings is 1. The number of ether oxygens (including phenoxy) is 2. The second kappa shape index (κ2) is 5.79. The smallest absolute Gasteiger partial charge is 0.139 e. The van der Waals surface area contributed by atoms with E-state index in [2.05, 4.69) is 15.9 Å². The lowest BCUT2D eigenvalue weighted by molar-refractivity contribution is -0.0722. The summed E-state index contributed by atoms with van der Waals surface area (Å²) in [4.78, 5) is 0.352. The molecule has 94 valence electrons. The van der Waals surface area contributed by atoms with Gasteiger partial charge in [-0.3, -0.25) is 0 Å². The van der Waals surface area contributed by atoms with E-state index < -0.39 is 0 Å². The third-order valence-electron chi connectivity index (χ3n) is 2.71. The Balaban J connectivity index is 2.03. The molecule has 1 aliphatic carbocycles. The number of hydrogen-bond donors (Lipinski definition) is 0. The molecule has 0 amide bonds. The van der Waals surface area contributed by atoms with E-state index in [1.807, 2.05) is 6.92 Å². The largest absolute Gasteiger partial charge is 0.486 e. The van der Waals surface area contributed by atoms with E-state index in [-0.39, 0.29) is 12.2 Å². The summed E-state index contributed by atoms with van der Waals surface area (Å²) in [5, 5.41) is 1.19. The van der Waals surface area contributed by atoms with Crippen LogP contribution in [0, 0.1) is 0 Å². The minimum absolute atomic E-state index is 0.0373. The Labute approximate surface area is 119 Å².